The maximum atomic E-state index is 12.1. The second-order valence-corrected chi connectivity index (χ2v) is 6.57. The summed E-state index contributed by atoms with van der Waals surface area (Å²) in [5.74, 6) is 0. The molecule has 1 unspecified atom stereocenters. The van der Waals surface area contributed by atoms with Crippen molar-refractivity contribution < 1.29 is 8.42 Å². The van der Waals surface area contributed by atoms with Crippen molar-refractivity contribution in [2.24, 2.45) is 0 Å². The van der Waals surface area contributed by atoms with E-state index in [2.05, 4.69) is 4.72 Å². The molecule has 0 spiro atoms. The van der Waals surface area contributed by atoms with Gasteiger partial charge in [-0.1, -0.05) is 32.0 Å². The number of benzene rings is 1. The van der Waals surface area contributed by atoms with Crippen LogP contribution in [0.4, 0.5) is 0 Å². The van der Waals surface area contributed by atoms with Gasteiger partial charge in [-0.25, -0.2) is 13.1 Å². The molecule has 0 aromatic heterocycles. The fourth-order valence-corrected chi connectivity index (χ4v) is 3.18. The molecule has 0 bridgehead atoms. The van der Waals surface area contributed by atoms with Gasteiger partial charge in [0, 0.05) is 11.9 Å². The summed E-state index contributed by atoms with van der Waals surface area (Å²) >= 11 is 6.11. The monoisotopic (exact) mass is 289 g/mol. The van der Waals surface area contributed by atoms with Gasteiger partial charge in [-0.2, -0.15) is 0 Å². The lowest BCUT2D eigenvalue weighted by Gasteiger charge is -2.13. The van der Waals surface area contributed by atoms with E-state index in [4.69, 9.17) is 11.6 Å². The molecule has 0 radical (unpaired) electrons. The highest BCUT2D eigenvalue weighted by Crippen LogP contribution is 2.19. The van der Waals surface area contributed by atoms with Crippen LogP contribution in [0.2, 0.25) is 0 Å². The molecule has 0 aliphatic rings. The Balaban J connectivity index is 3.01. The molecule has 1 aromatic carbocycles. The normalized spacial score (nSPS) is 13.5. The fraction of sp³-hybridized carbons (Fsp3) is 0.538. The predicted molar refractivity (Wildman–Crippen MR) is 75.6 cm³/mol. The first-order valence-electron chi connectivity index (χ1n) is 6.22. The number of hydrogen-bond acceptors (Lipinski definition) is 2. The highest BCUT2D eigenvalue weighted by Gasteiger charge is 2.18. The minimum absolute atomic E-state index is 0.0347. The van der Waals surface area contributed by atoms with Crippen LogP contribution >= 0.6 is 11.6 Å². The Morgan fingerprint density at radius 3 is 2.56 bits per heavy atom. The van der Waals surface area contributed by atoms with Crippen molar-refractivity contribution >= 4 is 21.6 Å². The third kappa shape index (κ3) is 4.26. The van der Waals surface area contributed by atoms with Crippen molar-refractivity contribution in [3.8, 4) is 0 Å². The Morgan fingerprint density at radius 2 is 1.94 bits per heavy atom. The Kier molecular flexibility index (Phi) is 6.12. The van der Waals surface area contributed by atoms with Crippen molar-refractivity contribution in [1.29, 1.82) is 0 Å². The summed E-state index contributed by atoms with van der Waals surface area (Å²) < 4.78 is 26.8. The number of halogens is 1. The highest BCUT2D eigenvalue weighted by molar-refractivity contribution is 7.89. The zero-order chi connectivity index (χ0) is 13.6. The summed E-state index contributed by atoms with van der Waals surface area (Å²) in [7, 11) is -3.42. The summed E-state index contributed by atoms with van der Waals surface area (Å²) in [6.45, 7) is 4.37. The summed E-state index contributed by atoms with van der Waals surface area (Å²) in [5.41, 5.74) is 0.781. The van der Waals surface area contributed by atoms with E-state index in [-0.39, 0.29) is 5.38 Å². The molecular formula is C13H20ClNO2S. The molecular weight excluding hydrogens is 270 g/mol. The molecule has 0 amide bonds. The standard InChI is InChI=1S/C13H20ClNO2S/c1-3-9-15-18(16,17)13-8-6-5-7-11(13)10-12(14)4-2/h5-8,12,15H,3-4,9-10H2,1-2H3. The lowest BCUT2D eigenvalue weighted by molar-refractivity contribution is 0.579. The minimum atomic E-state index is -3.42. The highest BCUT2D eigenvalue weighted by atomic mass is 35.5. The molecule has 102 valence electrons. The van der Waals surface area contributed by atoms with Gasteiger partial charge in [-0.05, 0) is 30.9 Å². The Hall–Kier alpha value is -0.580. The maximum absolute atomic E-state index is 12.1. The average Bonchev–Trinajstić information content (AvgIpc) is 2.36. The van der Waals surface area contributed by atoms with E-state index in [1.165, 1.54) is 0 Å². The van der Waals surface area contributed by atoms with Gasteiger partial charge in [0.1, 0.15) is 0 Å². The fourth-order valence-electron chi connectivity index (χ4n) is 1.63. The lowest BCUT2D eigenvalue weighted by atomic mass is 10.1. The van der Waals surface area contributed by atoms with E-state index < -0.39 is 10.0 Å². The zero-order valence-corrected chi connectivity index (χ0v) is 12.4. The van der Waals surface area contributed by atoms with Crippen molar-refractivity contribution in [3.63, 3.8) is 0 Å². The van der Waals surface area contributed by atoms with Crippen molar-refractivity contribution in [2.75, 3.05) is 6.54 Å². The molecule has 0 saturated carbocycles. The molecule has 1 N–H and O–H groups in total. The van der Waals surface area contributed by atoms with Gasteiger partial charge in [-0.3, -0.25) is 0 Å². The van der Waals surface area contributed by atoms with E-state index in [1.54, 1.807) is 12.1 Å². The average molecular weight is 290 g/mol. The molecule has 0 aliphatic carbocycles. The van der Waals surface area contributed by atoms with Crippen LogP contribution in [0.15, 0.2) is 29.2 Å². The first-order valence-corrected chi connectivity index (χ1v) is 8.14. The largest absolute Gasteiger partial charge is 0.240 e. The van der Waals surface area contributed by atoms with E-state index in [1.807, 2.05) is 26.0 Å². The van der Waals surface area contributed by atoms with Crippen LogP contribution in [-0.2, 0) is 16.4 Å². The smallest absolute Gasteiger partial charge is 0.211 e. The van der Waals surface area contributed by atoms with Crippen LogP contribution in [-0.4, -0.2) is 20.3 Å². The second kappa shape index (κ2) is 7.12. The maximum Gasteiger partial charge on any atom is 0.240 e. The Bertz CT molecular complexity index is 474. The van der Waals surface area contributed by atoms with Gasteiger partial charge >= 0.3 is 0 Å². The Morgan fingerprint density at radius 1 is 1.28 bits per heavy atom. The SMILES string of the molecule is CCCNS(=O)(=O)c1ccccc1CC(Cl)CC. The van der Waals surface area contributed by atoms with Crippen LogP contribution in [0.1, 0.15) is 32.3 Å². The predicted octanol–water partition coefficient (Wildman–Crippen LogP) is 2.93. The van der Waals surface area contributed by atoms with Crippen LogP contribution in [0.5, 0.6) is 0 Å². The number of hydrogen-bond donors (Lipinski definition) is 1. The van der Waals surface area contributed by atoms with Gasteiger partial charge in [-0.15, -0.1) is 11.6 Å². The molecule has 1 rings (SSSR count). The lowest BCUT2D eigenvalue weighted by Crippen LogP contribution is -2.25. The molecule has 0 aliphatic heterocycles. The minimum Gasteiger partial charge on any atom is -0.211 e. The first kappa shape index (κ1) is 15.5. The van der Waals surface area contributed by atoms with Crippen LogP contribution < -0.4 is 4.72 Å². The number of alkyl halides is 1. The zero-order valence-electron chi connectivity index (χ0n) is 10.8. The molecule has 5 heteroatoms. The Labute approximate surface area is 115 Å². The van der Waals surface area contributed by atoms with Crippen molar-refractivity contribution in [1.82, 2.24) is 4.72 Å². The van der Waals surface area contributed by atoms with Gasteiger partial charge < -0.3 is 0 Å². The van der Waals surface area contributed by atoms with Crippen LogP contribution in [0.25, 0.3) is 0 Å². The van der Waals surface area contributed by atoms with Gasteiger partial charge in [0.15, 0.2) is 0 Å². The molecule has 0 fully saturated rings. The summed E-state index contributed by atoms with van der Waals surface area (Å²) in [6.07, 6.45) is 2.16. The summed E-state index contributed by atoms with van der Waals surface area (Å²) in [4.78, 5) is 0.345. The number of rotatable bonds is 7. The summed E-state index contributed by atoms with van der Waals surface area (Å²) in [5, 5.41) is -0.0347. The summed E-state index contributed by atoms with van der Waals surface area (Å²) in [6, 6.07) is 7.03. The third-order valence-corrected chi connectivity index (χ3v) is 4.71. The van der Waals surface area contributed by atoms with E-state index in [0.29, 0.717) is 17.9 Å². The topological polar surface area (TPSA) is 46.2 Å². The second-order valence-electron chi connectivity index (χ2n) is 4.22. The van der Waals surface area contributed by atoms with E-state index >= 15 is 0 Å². The van der Waals surface area contributed by atoms with Crippen LogP contribution in [0, 0.1) is 0 Å². The molecule has 1 aromatic rings. The van der Waals surface area contributed by atoms with E-state index in [9.17, 15) is 8.42 Å². The van der Waals surface area contributed by atoms with E-state index in [0.717, 1.165) is 18.4 Å². The molecule has 3 nitrogen and oxygen atoms in total. The molecule has 1 atom stereocenters. The van der Waals surface area contributed by atoms with Crippen LogP contribution in [0.3, 0.4) is 0 Å². The number of sulfonamides is 1. The quantitative estimate of drug-likeness (QED) is 0.785. The molecule has 0 heterocycles. The van der Waals surface area contributed by atoms with Crippen molar-refractivity contribution in [3.05, 3.63) is 29.8 Å². The van der Waals surface area contributed by atoms with Gasteiger partial charge in [0.05, 0.1) is 4.90 Å². The van der Waals surface area contributed by atoms with Crippen molar-refractivity contribution in [2.45, 2.75) is 43.4 Å². The number of nitrogens with one attached hydrogen (secondary N) is 1. The van der Waals surface area contributed by atoms with Gasteiger partial charge in [0.2, 0.25) is 10.0 Å². The third-order valence-electron chi connectivity index (χ3n) is 2.69. The molecule has 0 saturated heterocycles. The molecule has 18 heavy (non-hydrogen) atoms. The van der Waals surface area contributed by atoms with Gasteiger partial charge in [0.25, 0.3) is 0 Å². The first-order chi connectivity index (χ1) is 8.51.